The Morgan fingerprint density at radius 3 is 2.65 bits per heavy atom. The molecule has 5 N–H and O–H groups in total. The lowest BCUT2D eigenvalue weighted by Crippen LogP contribution is -2.47. The van der Waals surface area contributed by atoms with E-state index < -0.39 is 29.3 Å². The minimum Gasteiger partial charge on any atom is -0.390 e. The van der Waals surface area contributed by atoms with Crippen LogP contribution in [0.25, 0.3) is 11.6 Å². The average Bonchev–Trinajstić information content (AvgIpc) is 3.37. The molecular formula is C28H34FN5O6. The number of morpholine rings is 1. The van der Waals surface area contributed by atoms with Gasteiger partial charge in [0.05, 0.1) is 41.8 Å². The number of carbonyl (C=O) groups is 3. The molecule has 0 saturated carbocycles. The van der Waals surface area contributed by atoms with E-state index in [1.807, 2.05) is 0 Å². The SMILES string of the molecule is Cc1c(C=C2C(=O)Nc3cc(NC(=O)C(C)(C)O)c(F)cc32)[nH]c2c1C(=O)N(CC(O)CN1CCOCC1)CC2. The van der Waals surface area contributed by atoms with E-state index in [-0.39, 0.29) is 23.7 Å². The summed E-state index contributed by atoms with van der Waals surface area (Å²) in [6.07, 6.45) is 1.47. The largest absolute Gasteiger partial charge is 0.390 e. The first-order chi connectivity index (χ1) is 18.9. The van der Waals surface area contributed by atoms with Gasteiger partial charge in [0.25, 0.3) is 17.7 Å². The number of amides is 3. The Bertz CT molecular complexity index is 1390. The van der Waals surface area contributed by atoms with Gasteiger partial charge in [-0.05, 0) is 44.5 Å². The monoisotopic (exact) mass is 555 g/mol. The molecule has 0 radical (unpaired) electrons. The number of aliphatic hydroxyl groups is 2. The van der Waals surface area contributed by atoms with Crippen LogP contribution in [-0.4, -0.2) is 100 Å². The van der Waals surface area contributed by atoms with Gasteiger partial charge in [-0.15, -0.1) is 0 Å². The van der Waals surface area contributed by atoms with Crippen molar-refractivity contribution >= 4 is 40.7 Å². The molecule has 0 spiro atoms. The van der Waals surface area contributed by atoms with Crippen LogP contribution < -0.4 is 10.6 Å². The molecule has 3 aliphatic rings. The van der Waals surface area contributed by atoms with Crippen LogP contribution in [0.5, 0.6) is 0 Å². The van der Waals surface area contributed by atoms with Crippen molar-refractivity contribution in [2.75, 3.05) is 56.6 Å². The van der Waals surface area contributed by atoms with Gasteiger partial charge in [0.15, 0.2) is 0 Å². The number of aromatic nitrogens is 1. The van der Waals surface area contributed by atoms with E-state index in [9.17, 15) is 29.0 Å². The van der Waals surface area contributed by atoms with Gasteiger partial charge in [-0.1, -0.05) is 0 Å². The Labute approximate surface area is 231 Å². The van der Waals surface area contributed by atoms with Crippen LogP contribution in [0.15, 0.2) is 12.1 Å². The molecule has 3 aliphatic heterocycles. The highest BCUT2D eigenvalue weighted by Gasteiger charge is 2.33. The van der Waals surface area contributed by atoms with Crippen LogP contribution in [-0.2, 0) is 20.7 Å². The molecule has 3 amide bonds. The fourth-order valence-electron chi connectivity index (χ4n) is 5.25. The number of H-pyrrole nitrogens is 1. The third-order valence-electron chi connectivity index (χ3n) is 7.49. The summed E-state index contributed by atoms with van der Waals surface area (Å²) in [6.45, 7) is 8.27. The number of nitrogens with one attached hydrogen (secondary N) is 3. The molecule has 1 saturated heterocycles. The lowest BCUT2D eigenvalue weighted by atomic mass is 10.0. The summed E-state index contributed by atoms with van der Waals surface area (Å²) in [5, 5.41) is 25.5. The van der Waals surface area contributed by atoms with E-state index in [0.29, 0.717) is 60.8 Å². The number of anilines is 2. The number of hydrogen-bond donors (Lipinski definition) is 5. The molecular weight excluding hydrogens is 521 g/mol. The molecule has 1 aromatic heterocycles. The van der Waals surface area contributed by atoms with Gasteiger partial charge in [0.2, 0.25) is 0 Å². The van der Waals surface area contributed by atoms with Crippen molar-refractivity contribution in [2.24, 2.45) is 0 Å². The number of aromatic amines is 1. The molecule has 214 valence electrons. The van der Waals surface area contributed by atoms with Crippen molar-refractivity contribution in [3.8, 4) is 0 Å². The summed E-state index contributed by atoms with van der Waals surface area (Å²) >= 11 is 0. The molecule has 5 rings (SSSR count). The summed E-state index contributed by atoms with van der Waals surface area (Å²) in [5.41, 5.74) is 1.46. The fourth-order valence-corrected chi connectivity index (χ4v) is 5.25. The Morgan fingerprint density at radius 2 is 1.95 bits per heavy atom. The van der Waals surface area contributed by atoms with Gasteiger partial charge in [-0.25, -0.2) is 4.39 Å². The predicted octanol–water partition coefficient (Wildman–Crippen LogP) is 1.36. The zero-order valence-electron chi connectivity index (χ0n) is 22.8. The highest BCUT2D eigenvalue weighted by molar-refractivity contribution is 6.35. The molecule has 2 aromatic rings. The minimum absolute atomic E-state index is 0.166. The number of carbonyl (C=O) groups excluding carboxylic acids is 3. The first-order valence-electron chi connectivity index (χ1n) is 13.3. The summed E-state index contributed by atoms with van der Waals surface area (Å²) in [7, 11) is 0. The molecule has 1 fully saturated rings. The molecule has 0 aliphatic carbocycles. The summed E-state index contributed by atoms with van der Waals surface area (Å²) in [5.74, 6) is -2.18. The number of benzene rings is 1. The zero-order chi connectivity index (χ0) is 28.8. The van der Waals surface area contributed by atoms with Gasteiger partial charge in [0.1, 0.15) is 11.4 Å². The number of ether oxygens (including phenoxy) is 1. The second kappa shape index (κ2) is 10.8. The average molecular weight is 556 g/mol. The number of hydrogen-bond acceptors (Lipinski definition) is 7. The van der Waals surface area contributed by atoms with Crippen LogP contribution in [0, 0.1) is 12.7 Å². The quantitative estimate of drug-likeness (QED) is 0.324. The van der Waals surface area contributed by atoms with Gasteiger partial charge in [-0.3, -0.25) is 19.3 Å². The third kappa shape index (κ3) is 5.52. The highest BCUT2D eigenvalue weighted by atomic mass is 19.1. The van der Waals surface area contributed by atoms with Gasteiger partial charge in [-0.2, -0.15) is 0 Å². The number of aliphatic hydroxyl groups excluding tert-OH is 1. The lowest BCUT2D eigenvalue weighted by Gasteiger charge is -2.32. The molecule has 12 heteroatoms. The molecule has 11 nitrogen and oxygen atoms in total. The van der Waals surface area contributed by atoms with Crippen molar-refractivity contribution in [3.63, 3.8) is 0 Å². The van der Waals surface area contributed by atoms with Crippen LogP contribution >= 0.6 is 0 Å². The maximum absolute atomic E-state index is 14.9. The second-order valence-corrected chi connectivity index (χ2v) is 11.0. The van der Waals surface area contributed by atoms with Crippen molar-refractivity contribution in [2.45, 2.75) is 38.9 Å². The normalized spacial score (nSPS) is 19.4. The smallest absolute Gasteiger partial charge is 0.256 e. The van der Waals surface area contributed by atoms with Crippen LogP contribution in [0.3, 0.4) is 0 Å². The zero-order valence-corrected chi connectivity index (χ0v) is 22.8. The van der Waals surface area contributed by atoms with Crippen LogP contribution in [0.4, 0.5) is 15.8 Å². The number of halogens is 1. The van der Waals surface area contributed by atoms with Crippen LogP contribution in [0.2, 0.25) is 0 Å². The minimum atomic E-state index is -1.71. The number of nitrogens with zero attached hydrogens (tertiary/aromatic N) is 2. The molecule has 1 unspecified atom stereocenters. The van der Waals surface area contributed by atoms with E-state index in [0.717, 1.165) is 24.8 Å². The first-order valence-corrected chi connectivity index (χ1v) is 13.3. The summed E-state index contributed by atoms with van der Waals surface area (Å²) < 4.78 is 20.2. The highest BCUT2D eigenvalue weighted by Crippen LogP contribution is 2.38. The van der Waals surface area contributed by atoms with Crippen molar-refractivity contribution in [1.29, 1.82) is 0 Å². The lowest BCUT2D eigenvalue weighted by molar-refractivity contribution is -0.130. The fraction of sp³-hybridized carbons (Fsp3) is 0.464. The number of fused-ring (bicyclic) bond motifs is 2. The first kappa shape index (κ1) is 28.0. The van der Waals surface area contributed by atoms with Crippen molar-refractivity contribution in [3.05, 3.63) is 46.0 Å². The van der Waals surface area contributed by atoms with E-state index in [4.69, 9.17) is 4.74 Å². The standard InChI is InChI=1S/C28H34FN5O6/c1-15-21(11-18-17-10-19(29)23(12-22(17)31-25(18)36)32-27(38)28(2,3)39)30-20-4-5-34(26(37)24(15)20)14-16(35)13-33-6-8-40-9-7-33/h10-12,16,30,35,39H,4-9,13-14H2,1-3H3,(H,31,36)(H,32,38). The number of β-amino-alcohol motifs (C(OH)–C–C–N with tert-alkyl or cyclic N) is 1. The molecule has 0 bridgehead atoms. The third-order valence-corrected chi connectivity index (χ3v) is 7.49. The Balaban J connectivity index is 1.35. The second-order valence-electron chi connectivity index (χ2n) is 11.0. The van der Waals surface area contributed by atoms with E-state index in [1.54, 1.807) is 17.9 Å². The predicted molar refractivity (Wildman–Crippen MR) is 146 cm³/mol. The van der Waals surface area contributed by atoms with Crippen molar-refractivity contribution < 1.29 is 33.7 Å². The Kier molecular flexibility index (Phi) is 7.53. The Hall–Kier alpha value is -3.58. The molecule has 1 atom stereocenters. The van der Waals surface area contributed by atoms with Gasteiger partial charge >= 0.3 is 0 Å². The van der Waals surface area contributed by atoms with E-state index in [2.05, 4.69) is 20.5 Å². The maximum atomic E-state index is 14.9. The van der Waals surface area contributed by atoms with Crippen LogP contribution in [0.1, 0.15) is 46.7 Å². The molecule has 1 aromatic carbocycles. The summed E-state index contributed by atoms with van der Waals surface area (Å²) in [4.78, 5) is 45.4. The summed E-state index contributed by atoms with van der Waals surface area (Å²) in [6, 6.07) is 2.46. The van der Waals surface area contributed by atoms with E-state index in [1.165, 1.54) is 19.9 Å². The molecule has 40 heavy (non-hydrogen) atoms. The van der Waals surface area contributed by atoms with Gasteiger partial charge in [0, 0.05) is 56.1 Å². The van der Waals surface area contributed by atoms with Crippen molar-refractivity contribution in [1.82, 2.24) is 14.8 Å². The topological polar surface area (TPSA) is 147 Å². The molecule has 4 heterocycles. The maximum Gasteiger partial charge on any atom is 0.256 e. The number of rotatable bonds is 7. The van der Waals surface area contributed by atoms with Gasteiger partial charge < -0.3 is 35.5 Å². The van der Waals surface area contributed by atoms with E-state index >= 15 is 0 Å². The Morgan fingerprint density at radius 1 is 1.23 bits per heavy atom.